The van der Waals surface area contributed by atoms with E-state index in [0.717, 1.165) is 11.3 Å². The second-order valence-corrected chi connectivity index (χ2v) is 3.54. The summed E-state index contributed by atoms with van der Waals surface area (Å²) in [5.74, 6) is -0.804. The van der Waals surface area contributed by atoms with Crippen LogP contribution in [0.25, 0.3) is 0 Å². The van der Waals surface area contributed by atoms with Gasteiger partial charge in [0.25, 0.3) is 0 Å². The van der Waals surface area contributed by atoms with Gasteiger partial charge < -0.3 is 9.64 Å². The Hall–Kier alpha value is -1.84. The van der Waals surface area contributed by atoms with Crippen LogP contribution in [0, 0.1) is 6.92 Å². The molecule has 0 fully saturated rings. The summed E-state index contributed by atoms with van der Waals surface area (Å²) in [5, 5.41) is 0. The van der Waals surface area contributed by atoms with Crippen molar-refractivity contribution in [1.82, 2.24) is 0 Å². The summed E-state index contributed by atoms with van der Waals surface area (Å²) < 4.78 is 4.44. The molecule has 0 spiro atoms. The van der Waals surface area contributed by atoms with Crippen LogP contribution in [-0.4, -0.2) is 26.0 Å². The Bertz CT molecular complexity index is 401. The number of carbonyl (C=O) groups excluding carboxylic acids is 2. The molecular weight excluding hydrogens is 206 g/mol. The van der Waals surface area contributed by atoms with Crippen molar-refractivity contribution in [3.8, 4) is 0 Å². The van der Waals surface area contributed by atoms with E-state index in [9.17, 15) is 9.59 Å². The Kier molecular flexibility index (Phi) is 4.05. The molecule has 0 aliphatic carbocycles. The lowest BCUT2D eigenvalue weighted by Crippen LogP contribution is -2.28. The van der Waals surface area contributed by atoms with Crippen LogP contribution in [0.4, 0.5) is 5.69 Å². The molecule has 1 rings (SSSR count). The van der Waals surface area contributed by atoms with Crippen LogP contribution in [0.5, 0.6) is 0 Å². The summed E-state index contributed by atoms with van der Waals surface area (Å²) in [5.41, 5.74) is 1.84. The Morgan fingerprint density at radius 1 is 1.38 bits per heavy atom. The number of amides is 1. The van der Waals surface area contributed by atoms with Gasteiger partial charge in [0.1, 0.15) is 6.42 Å². The van der Waals surface area contributed by atoms with Gasteiger partial charge in [0.2, 0.25) is 5.91 Å². The maximum Gasteiger partial charge on any atom is 0.315 e. The molecule has 0 N–H and O–H groups in total. The first-order valence-electron chi connectivity index (χ1n) is 4.94. The fourth-order valence-electron chi connectivity index (χ4n) is 1.29. The fraction of sp³-hybridized carbons (Fsp3) is 0.333. The third-order valence-electron chi connectivity index (χ3n) is 2.29. The van der Waals surface area contributed by atoms with Gasteiger partial charge in [0.15, 0.2) is 0 Å². The Balaban J connectivity index is 2.74. The second-order valence-electron chi connectivity index (χ2n) is 3.54. The van der Waals surface area contributed by atoms with Crippen LogP contribution >= 0.6 is 0 Å². The minimum absolute atomic E-state index is 0.235. The molecule has 1 aromatic carbocycles. The number of hydrogen-bond donors (Lipinski definition) is 0. The van der Waals surface area contributed by atoms with Gasteiger partial charge in [-0.25, -0.2) is 0 Å². The Morgan fingerprint density at radius 3 is 2.62 bits per heavy atom. The van der Waals surface area contributed by atoms with Gasteiger partial charge in [0, 0.05) is 12.7 Å². The molecule has 0 saturated carbocycles. The van der Waals surface area contributed by atoms with Crippen molar-refractivity contribution in [2.24, 2.45) is 0 Å². The van der Waals surface area contributed by atoms with Gasteiger partial charge in [-0.1, -0.05) is 12.1 Å². The number of esters is 1. The highest BCUT2D eigenvalue weighted by Gasteiger charge is 2.15. The van der Waals surface area contributed by atoms with E-state index in [1.807, 2.05) is 31.2 Å². The molecule has 86 valence electrons. The average Bonchev–Trinajstić information content (AvgIpc) is 2.27. The topological polar surface area (TPSA) is 46.6 Å². The molecule has 0 atom stereocenters. The predicted octanol–water partition coefficient (Wildman–Crippen LogP) is 1.52. The van der Waals surface area contributed by atoms with Crippen LogP contribution < -0.4 is 4.90 Å². The van der Waals surface area contributed by atoms with E-state index >= 15 is 0 Å². The highest BCUT2D eigenvalue weighted by Crippen LogP contribution is 2.15. The Morgan fingerprint density at radius 2 is 2.06 bits per heavy atom. The number of methoxy groups -OCH3 is 1. The molecule has 0 bridgehead atoms. The van der Waals surface area contributed by atoms with E-state index < -0.39 is 5.97 Å². The largest absolute Gasteiger partial charge is 0.469 e. The van der Waals surface area contributed by atoms with Crippen molar-refractivity contribution in [1.29, 1.82) is 0 Å². The van der Waals surface area contributed by atoms with E-state index in [-0.39, 0.29) is 12.3 Å². The highest BCUT2D eigenvalue weighted by molar-refractivity contribution is 6.03. The summed E-state index contributed by atoms with van der Waals surface area (Å²) in [7, 11) is 2.91. The minimum atomic E-state index is -0.524. The molecule has 0 saturated heterocycles. The minimum Gasteiger partial charge on any atom is -0.469 e. The first-order chi connectivity index (χ1) is 7.54. The zero-order valence-electron chi connectivity index (χ0n) is 9.69. The van der Waals surface area contributed by atoms with Gasteiger partial charge in [-0.2, -0.15) is 0 Å². The number of hydrogen-bond acceptors (Lipinski definition) is 3. The summed E-state index contributed by atoms with van der Waals surface area (Å²) in [4.78, 5) is 24.1. The van der Waals surface area contributed by atoms with Gasteiger partial charge in [-0.15, -0.1) is 0 Å². The monoisotopic (exact) mass is 221 g/mol. The van der Waals surface area contributed by atoms with E-state index in [4.69, 9.17) is 0 Å². The van der Waals surface area contributed by atoms with Crippen LogP contribution in [0.1, 0.15) is 12.0 Å². The highest BCUT2D eigenvalue weighted by atomic mass is 16.5. The Labute approximate surface area is 94.8 Å². The number of aryl methyl sites for hydroxylation is 1. The number of nitrogens with zero attached hydrogens (tertiary/aromatic N) is 1. The molecule has 0 aromatic heterocycles. The second kappa shape index (κ2) is 5.30. The molecular formula is C12H15NO3. The lowest BCUT2D eigenvalue weighted by molar-refractivity contribution is -0.143. The first kappa shape index (κ1) is 12.2. The number of ether oxygens (including phenoxy) is 1. The third-order valence-corrected chi connectivity index (χ3v) is 2.29. The van der Waals surface area contributed by atoms with Crippen molar-refractivity contribution < 1.29 is 14.3 Å². The summed E-state index contributed by atoms with van der Waals surface area (Å²) in [6, 6.07) is 7.52. The molecule has 0 heterocycles. The molecule has 0 aliphatic rings. The molecule has 4 nitrogen and oxygen atoms in total. The van der Waals surface area contributed by atoms with Gasteiger partial charge in [-0.3, -0.25) is 9.59 Å². The molecule has 0 radical (unpaired) electrons. The van der Waals surface area contributed by atoms with Crippen molar-refractivity contribution in [2.45, 2.75) is 13.3 Å². The first-order valence-corrected chi connectivity index (χ1v) is 4.94. The average molecular weight is 221 g/mol. The van der Waals surface area contributed by atoms with Crippen LogP contribution in [-0.2, 0) is 14.3 Å². The van der Waals surface area contributed by atoms with Crippen LogP contribution in [0.15, 0.2) is 24.3 Å². The molecule has 16 heavy (non-hydrogen) atoms. The van der Waals surface area contributed by atoms with Crippen molar-refractivity contribution in [3.63, 3.8) is 0 Å². The fourth-order valence-corrected chi connectivity index (χ4v) is 1.29. The number of carbonyl (C=O) groups is 2. The van der Waals surface area contributed by atoms with Crippen molar-refractivity contribution in [3.05, 3.63) is 29.8 Å². The van der Waals surface area contributed by atoms with Crippen LogP contribution in [0.3, 0.4) is 0 Å². The maximum atomic E-state index is 11.6. The number of benzene rings is 1. The molecule has 0 unspecified atom stereocenters. The lowest BCUT2D eigenvalue weighted by Gasteiger charge is -2.17. The van der Waals surface area contributed by atoms with Gasteiger partial charge >= 0.3 is 5.97 Å². The normalized spacial score (nSPS) is 9.69. The summed E-state index contributed by atoms with van der Waals surface area (Å²) in [6.45, 7) is 1.95. The number of rotatable bonds is 3. The zero-order chi connectivity index (χ0) is 12.1. The van der Waals surface area contributed by atoms with E-state index in [1.165, 1.54) is 12.0 Å². The molecule has 1 amide bonds. The molecule has 0 aliphatic heterocycles. The van der Waals surface area contributed by atoms with Crippen molar-refractivity contribution >= 4 is 17.6 Å². The molecule has 1 aromatic rings. The number of anilines is 1. The van der Waals surface area contributed by atoms with Crippen molar-refractivity contribution in [2.75, 3.05) is 19.1 Å². The van der Waals surface area contributed by atoms with E-state index in [2.05, 4.69) is 4.74 Å². The molecule has 4 heteroatoms. The lowest BCUT2D eigenvalue weighted by atomic mass is 10.2. The predicted molar refractivity (Wildman–Crippen MR) is 61.2 cm³/mol. The third kappa shape index (κ3) is 3.08. The van der Waals surface area contributed by atoms with Gasteiger partial charge in [0.05, 0.1) is 7.11 Å². The zero-order valence-corrected chi connectivity index (χ0v) is 9.69. The summed E-state index contributed by atoms with van der Waals surface area (Å²) in [6.07, 6.45) is -0.235. The quantitative estimate of drug-likeness (QED) is 0.574. The summed E-state index contributed by atoms with van der Waals surface area (Å²) >= 11 is 0. The maximum absolute atomic E-state index is 11.6. The smallest absolute Gasteiger partial charge is 0.315 e. The van der Waals surface area contributed by atoms with E-state index in [1.54, 1.807) is 7.05 Å². The van der Waals surface area contributed by atoms with Crippen LogP contribution in [0.2, 0.25) is 0 Å². The standard InChI is InChI=1S/C12H15NO3/c1-9-5-4-6-10(7-9)13(2)11(14)8-12(15)16-3/h4-7H,8H2,1-3H3. The van der Waals surface area contributed by atoms with E-state index in [0.29, 0.717) is 0 Å². The SMILES string of the molecule is COC(=O)CC(=O)N(C)c1cccc(C)c1. The van der Waals surface area contributed by atoms with Gasteiger partial charge in [-0.05, 0) is 24.6 Å².